The maximum atomic E-state index is 6.47. The molecule has 0 aliphatic carbocycles. The lowest BCUT2D eigenvalue weighted by atomic mass is 9.89. The van der Waals surface area contributed by atoms with Crippen molar-refractivity contribution in [3.63, 3.8) is 0 Å². The van der Waals surface area contributed by atoms with E-state index in [1.807, 2.05) is 12.1 Å². The van der Waals surface area contributed by atoms with E-state index in [4.69, 9.17) is 21.1 Å². The van der Waals surface area contributed by atoms with Crippen molar-refractivity contribution in [2.75, 3.05) is 11.9 Å². The van der Waals surface area contributed by atoms with Gasteiger partial charge in [0.05, 0.1) is 12.2 Å². The standard InChI is InChI=1S/C21H22ClNO2/c1-12(2)19-17(14-4-7-16(22)8-5-14)10-15-6-9-18-21(20(15)25-19)24-13(3)11-23-18/h4-10,12-13,19,23H,11H2,1-3H3/t13-,19?/m0/s1. The molecule has 0 fully saturated rings. The third-order valence-electron chi connectivity index (χ3n) is 4.69. The van der Waals surface area contributed by atoms with Gasteiger partial charge in [0.2, 0.25) is 0 Å². The van der Waals surface area contributed by atoms with Crippen molar-refractivity contribution in [1.29, 1.82) is 0 Å². The van der Waals surface area contributed by atoms with Gasteiger partial charge in [-0.25, -0.2) is 0 Å². The SMILES string of the molecule is CC(C)C1Oc2c(ccc3c2O[C@@H](C)CN3)C=C1c1ccc(Cl)cc1. The Hall–Kier alpha value is -2.13. The number of fused-ring (bicyclic) bond motifs is 3. The summed E-state index contributed by atoms with van der Waals surface area (Å²) in [6, 6.07) is 12.1. The average molecular weight is 356 g/mol. The third-order valence-corrected chi connectivity index (χ3v) is 4.94. The second-order valence-electron chi connectivity index (χ2n) is 7.06. The van der Waals surface area contributed by atoms with Gasteiger partial charge in [0.25, 0.3) is 0 Å². The minimum atomic E-state index is -0.0268. The van der Waals surface area contributed by atoms with Crippen molar-refractivity contribution < 1.29 is 9.47 Å². The molecule has 1 unspecified atom stereocenters. The van der Waals surface area contributed by atoms with Crippen LogP contribution in [0, 0.1) is 5.92 Å². The van der Waals surface area contributed by atoms with Crippen LogP contribution in [0.4, 0.5) is 5.69 Å². The van der Waals surface area contributed by atoms with Crippen LogP contribution in [0.5, 0.6) is 11.5 Å². The Labute approximate surface area is 153 Å². The van der Waals surface area contributed by atoms with E-state index in [2.05, 4.69) is 56.4 Å². The molecule has 2 aromatic carbocycles. The molecule has 2 aromatic rings. The summed E-state index contributed by atoms with van der Waals surface area (Å²) in [5.74, 6) is 2.00. The predicted octanol–water partition coefficient (Wildman–Crippen LogP) is 5.49. The molecule has 4 heteroatoms. The first-order valence-electron chi connectivity index (χ1n) is 8.74. The summed E-state index contributed by atoms with van der Waals surface area (Å²) in [5, 5.41) is 4.16. The molecule has 0 spiro atoms. The molecule has 0 amide bonds. The summed E-state index contributed by atoms with van der Waals surface area (Å²) in [5.41, 5.74) is 4.37. The first-order valence-corrected chi connectivity index (χ1v) is 9.12. The molecule has 0 radical (unpaired) electrons. The maximum absolute atomic E-state index is 6.47. The largest absolute Gasteiger partial charge is 0.483 e. The van der Waals surface area contributed by atoms with E-state index in [1.165, 1.54) is 5.57 Å². The molecule has 0 saturated carbocycles. The lowest BCUT2D eigenvalue weighted by molar-refractivity contribution is 0.173. The van der Waals surface area contributed by atoms with E-state index >= 15 is 0 Å². The molecule has 130 valence electrons. The van der Waals surface area contributed by atoms with Crippen molar-refractivity contribution in [3.05, 3.63) is 52.5 Å². The minimum absolute atomic E-state index is 0.0268. The number of ether oxygens (including phenoxy) is 2. The van der Waals surface area contributed by atoms with Gasteiger partial charge in [-0.15, -0.1) is 0 Å². The van der Waals surface area contributed by atoms with Crippen molar-refractivity contribution in [2.24, 2.45) is 5.92 Å². The Morgan fingerprint density at radius 2 is 1.80 bits per heavy atom. The first kappa shape index (κ1) is 16.3. The van der Waals surface area contributed by atoms with Crippen molar-refractivity contribution in [1.82, 2.24) is 0 Å². The van der Waals surface area contributed by atoms with Crippen LogP contribution in [0.15, 0.2) is 36.4 Å². The Balaban J connectivity index is 1.83. The van der Waals surface area contributed by atoms with Crippen molar-refractivity contribution >= 4 is 28.9 Å². The van der Waals surface area contributed by atoms with Gasteiger partial charge in [0.15, 0.2) is 11.5 Å². The molecule has 2 heterocycles. The number of hydrogen-bond donors (Lipinski definition) is 1. The van der Waals surface area contributed by atoms with Crippen LogP contribution >= 0.6 is 11.6 Å². The van der Waals surface area contributed by atoms with Crippen LogP contribution in [0.3, 0.4) is 0 Å². The fourth-order valence-electron chi connectivity index (χ4n) is 3.39. The van der Waals surface area contributed by atoms with Gasteiger partial charge < -0.3 is 14.8 Å². The summed E-state index contributed by atoms with van der Waals surface area (Å²) in [6.07, 6.45) is 2.32. The third kappa shape index (κ3) is 2.98. The number of anilines is 1. The fraction of sp³-hybridized carbons (Fsp3) is 0.333. The number of rotatable bonds is 2. The van der Waals surface area contributed by atoms with Crippen LogP contribution in [-0.4, -0.2) is 18.8 Å². The molecular weight excluding hydrogens is 334 g/mol. The Bertz CT molecular complexity index is 827. The lowest BCUT2D eigenvalue weighted by Crippen LogP contribution is -2.31. The van der Waals surface area contributed by atoms with E-state index in [9.17, 15) is 0 Å². The Morgan fingerprint density at radius 3 is 2.52 bits per heavy atom. The smallest absolute Gasteiger partial charge is 0.185 e. The second-order valence-corrected chi connectivity index (χ2v) is 7.50. The zero-order chi connectivity index (χ0) is 17.6. The highest BCUT2D eigenvalue weighted by Crippen LogP contribution is 2.47. The first-order chi connectivity index (χ1) is 12.0. The summed E-state index contributed by atoms with van der Waals surface area (Å²) < 4.78 is 12.6. The molecule has 0 bridgehead atoms. The summed E-state index contributed by atoms with van der Waals surface area (Å²) in [6.45, 7) is 7.23. The maximum Gasteiger partial charge on any atom is 0.185 e. The summed E-state index contributed by atoms with van der Waals surface area (Å²) in [4.78, 5) is 0. The van der Waals surface area contributed by atoms with Crippen molar-refractivity contribution in [3.8, 4) is 11.5 Å². The highest BCUT2D eigenvalue weighted by atomic mass is 35.5. The molecule has 0 saturated heterocycles. The van der Waals surface area contributed by atoms with Crippen LogP contribution in [0.1, 0.15) is 31.9 Å². The van der Waals surface area contributed by atoms with E-state index < -0.39 is 0 Å². The van der Waals surface area contributed by atoms with E-state index in [0.717, 1.165) is 39.9 Å². The summed E-state index contributed by atoms with van der Waals surface area (Å²) >= 11 is 6.05. The van der Waals surface area contributed by atoms with Gasteiger partial charge >= 0.3 is 0 Å². The van der Waals surface area contributed by atoms with Gasteiger partial charge in [0.1, 0.15) is 12.2 Å². The van der Waals surface area contributed by atoms with Crippen LogP contribution in [-0.2, 0) is 0 Å². The normalized spacial score (nSPS) is 21.4. The summed E-state index contributed by atoms with van der Waals surface area (Å²) in [7, 11) is 0. The predicted molar refractivity (Wildman–Crippen MR) is 104 cm³/mol. The fourth-order valence-corrected chi connectivity index (χ4v) is 3.52. The molecule has 2 aliphatic heterocycles. The van der Waals surface area contributed by atoms with Gasteiger partial charge in [-0.2, -0.15) is 0 Å². The zero-order valence-electron chi connectivity index (χ0n) is 14.7. The zero-order valence-corrected chi connectivity index (χ0v) is 15.4. The molecule has 4 rings (SSSR count). The molecule has 2 aliphatic rings. The van der Waals surface area contributed by atoms with Crippen LogP contribution in [0.25, 0.3) is 11.6 Å². The Morgan fingerprint density at radius 1 is 1.04 bits per heavy atom. The lowest BCUT2D eigenvalue weighted by Gasteiger charge is -2.34. The quantitative estimate of drug-likeness (QED) is 0.772. The average Bonchev–Trinajstić information content (AvgIpc) is 2.61. The number of benzene rings is 2. The molecule has 2 atom stereocenters. The second kappa shape index (κ2) is 6.30. The van der Waals surface area contributed by atoms with Gasteiger partial charge in [0, 0.05) is 16.2 Å². The van der Waals surface area contributed by atoms with Crippen LogP contribution < -0.4 is 14.8 Å². The van der Waals surface area contributed by atoms with E-state index in [1.54, 1.807) is 0 Å². The van der Waals surface area contributed by atoms with E-state index in [0.29, 0.717) is 5.92 Å². The van der Waals surface area contributed by atoms with Gasteiger partial charge in [-0.1, -0.05) is 37.6 Å². The number of halogens is 1. The molecule has 25 heavy (non-hydrogen) atoms. The highest BCUT2D eigenvalue weighted by Gasteiger charge is 2.31. The van der Waals surface area contributed by atoms with E-state index in [-0.39, 0.29) is 12.2 Å². The van der Waals surface area contributed by atoms with Gasteiger partial charge in [-0.05, 0) is 48.7 Å². The molecular formula is C21H22ClNO2. The van der Waals surface area contributed by atoms with Crippen molar-refractivity contribution in [2.45, 2.75) is 33.0 Å². The van der Waals surface area contributed by atoms with Crippen LogP contribution in [0.2, 0.25) is 5.02 Å². The highest BCUT2D eigenvalue weighted by molar-refractivity contribution is 6.30. The molecule has 0 aromatic heterocycles. The molecule has 3 nitrogen and oxygen atoms in total. The Kier molecular flexibility index (Phi) is 4.12. The number of nitrogens with one attached hydrogen (secondary N) is 1. The monoisotopic (exact) mass is 355 g/mol. The van der Waals surface area contributed by atoms with Gasteiger partial charge in [-0.3, -0.25) is 0 Å². The topological polar surface area (TPSA) is 30.5 Å². The molecule has 1 N–H and O–H groups in total. The number of hydrogen-bond acceptors (Lipinski definition) is 3. The minimum Gasteiger partial charge on any atom is -0.483 e.